The van der Waals surface area contributed by atoms with E-state index in [1.54, 1.807) is 0 Å². The van der Waals surface area contributed by atoms with Crippen LogP contribution in [0.5, 0.6) is 0 Å². The Hall–Kier alpha value is -0.890. The number of hydrogen-bond donors (Lipinski definition) is 1. The largest absolute Gasteiger partial charge is 0.316 e. The number of rotatable bonds is 0. The van der Waals surface area contributed by atoms with Gasteiger partial charge in [0.1, 0.15) is 0 Å². The molecule has 2 rings (SSSR count). The minimum Gasteiger partial charge on any atom is -0.316 e. The van der Waals surface area contributed by atoms with E-state index in [0.717, 1.165) is 31.6 Å². The normalized spacial score (nSPS) is 16.8. The van der Waals surface area contributed by atoms with Crippen molar-refractivity contribution in [2.45, 2.75) is 19.8 Å². The molecule has 12 heavy (non-hydrogen) atoms. The van der Waals surface area contributed by atoms with Crippen LogP contribution >= 0.6 is 0 Å². The topological polar surface area (TPSA) is 24.9 Å². The summed E-state index contributed by atoms with van der Waals surface area (Å²) in [6, 6.07) is 4.31. The fourth-order valence-corrected chi connectivity index (χ4v) is 1.64. The third-order valence-corrected chi connectivity index (χ3v) is 2.32. The fourth-order valence-electron chi connectivity index (χ4n) is 1.64. The van der Waals surface area contributed by atoms with E-state index in [4.69, 9.17) is 0 Å². The predicted molar refractivity (Wildman–Crippen MR) is 49.3 cm³/mol. The summed E-state index contributed by atoms with van der Waals surface area (Å²) in [7, 11) is 0. The van der Waals surface area contributed by atoms with Crippen LogP contribution in [0.15, 0.2) is 12.1 Å². The van der Waals surface area contributed by atoms with Gasteiger partial charge in [0.2, 0.25) is 0 Å². The van der Waals surface area contributed by atoms with Crippen molar-refractivity contribution in [2.75, 3.05) is 13.1 Å². The van der Waals surface area contributed by atoms with Gasteiger partial charge >= 0.3 is 0 Å². The predicted octanol–water partition coefficient (Wildman–Crippen LogP) is 1.08. The van der Waals surface area contributed by atoms with E-state index in [0.29, 0.717) is 0 Å². The first-order chi connectivity index (χ1) is 5.86. The molecule has 1 aliphatic heterocycles. The van der Waals surface area contributed by atoms with Crippen molar-refractivity contribution in [3.63, 3.8) is 0 Å². The van der Waals surface area contributed by atoms with Gasteiger partial charge in [-0.3, -0.25) is 4.98 Å². The van der Waals surface area contributed by atoms with Crippen molar-refractivity contribution in [2.24, 2.45) is 0 Å². The van der Waals surface area contributed by atoms with Gasteiger partial charge in [0, 0.05) is 24.4 Å². The Bertz CT molecular complexity index is 281. The molecule has 0 saturated carbocycles. The lowest BCUT2D eigenvalue weighted by molar-refractivity contribution is 0.708. The lowest BCUT2D eigenvalue weighted by Crippen LogP contribution is -2.16. The Balaban J connectivity index is 2.36. The van der Waals surface area contributed by atoms with E-state index >= 15 is 0 Å². The molecule has 0 bridgehead atoms. The number of nitrogens with one attached hydrogen (secondary N) is 1. The van der Waals surface area contributed by atoms with Crippen LogP contribution in [0.4, 0.5) is 0 Å². The Kier molecular flexibility index (Phi) is 2.09. The second-order valence-corrected chi connectivity index (χ2v) is 3.31. The molecule has 0 unspecified atom stereocenters. The van der Waals surface area contributed by atoms with E-state index in [-0.39, 0.29) is 0 Å². The lowest BCUT2D eigenvalue weighted by atomic mass is 10.1. The van der Waals surface area contributed by atoms with Crippen molar-refractivity contribution >= 4 is 0 Å². The van der Waals surface area contributed by atoms with Gasteiger partial charge in [-0.2, -0.15) is 0 Å². The van der Waals surface area contributed by atoms with Crippen LogP contribution in [0.25, 0.3) is 0 Å². The Morgan fingerprint density at radius 1 is 1.25 bits per heavy atom. The van der Waals surface area contributed by atoms with E-state index in [1.165, 1.54) is 11.3 Å². The molecule has 0 radical (unpaired) electrons. The van der Waals surface area contributed by atoms with Crippen molar-refractivity contribution in [1.29, 1.82) is 0 Å². The summed E-state index contributed by atoms with van der Waals surface area (Å²) < 4.78 is 0. The highest BCUT2D eigenvalue weighted by Crippen LogP contribution is 2.10. The summed E-state index contributed by atoms with van der Waals surface area (Å²) >= 11 is 0. The zero-order chi connectivity index (χ0) is 8.39. The maximum Gasteiger partial charge on any atom is 0.0451 e. The average Bonchev–Trinajstić information content (AvgIpc) is 2.28. The first kappa shape index (κ1) is 7.74. The molecule has 0 saturated heterocycles. The van der Waals surface area contributed by atoms with Crippen molar-refractivity contribution in [3.05, 3.63) is 29.1 Å². The van der Waals surface area contributed by atoms with Crippen molar-refractivity contribution in [3.8, 4) is 0 Å². The Morgan fingerprint density at radius 2 is 2.08 bits per heavy atom. The highest BCUT2D eigenvalue weighted by atomic mass is 14.9. The molecule has 2 heteroatoms. The fraction of sp³-hybridized carbons (Fsp3) is 0.500. The molecule has 1 aromatic rings. The van der Waals surface area contributed by atoms with E-state index < -0.39 is 0 Å². The molecule has 0 aromatic carbocycles. The van der Waals surface area contributed by atoms with Gasteiger partial charge in [0.15, 0.2) is 0 Å². The SMILES string of the molecule is Cc1ccc2c(n1)CCNCC2. The van der Waals surface area contributed by atoms with Gasteiger partial charge in [0.05, 0.1) is 0 Å². The quantitative estimate of drug-likeness (QED) is 0.617. The van der Waals surface area contributed by atoms with Crippen LogP contribution in [0, 0.1) is 6.92 Å². The molecule has 0 fully saturated rings. The summed E-state index contributed by atoms with van der Waals surface area (Å²) in [5.41, 5.74) is 3.85. The molecule has 2 nitrogen and oxygen atoms in total. The summed E-state index contributed by atoms with van der Waals surface area (Å²) in [6.07, 6.45) is 2.21. The van der Waals surface area contributed by atoms with Crippen molar-refractivity contribution < 1.29 is 0 Å². The van der Waals surface area contributed by atoms with Crippen LogP contribution in [0.3, 0.4) is 0 Å². The number of pyridine rings is 1. The van der Waals surface area contributed by atoms with Gasteiger partial charge < -0.3 is 5.32 Å². The zero-order valence-corrected chi connectivity index (χ0v) is 7.43. The molecular formula is C10H14N2. The third-order valence-electron chi connectivity index (χ3n) is 2.32. The summed E-state index contributed by atoms with van der Waals surface area (Å²) in [5.74, 6) is 0. The van der Waals surface area contributed by atoms with Crippen LogP contribution < -0.4 is 5.32 Å². The van der Waals surface area contributed by atoms with Crippen LogP contribution in [-0.2, 0) is 12.8 Å². The lowest BCUT2D eigenvalue weighted by Gasteiger charge is -2.03. The minimum atomic E-state index is 1.07. The van der Waals surface area contributed by atoms with E-state index in [9.17, 15) is 0 Å². The molecule has 0 spiro atoms. The number of nitrogens with zero attached hydrogens (tertiary/aromatic N) is 1. The molecular weight excluding hydrogens is 148 g/mol. The third kappa shape index (κ3) is 1.48. The van der Waals surface area contributed by atoms with Crippen LogP contribution in [0.1, 0.15) is 17.0 Å². The van der Waals surface area contributed by atoms with Gasteiger partial charge in [-0.05, 0) is 31.5 Å². The van der Waals surface area contributed by atoms with Gasteiger partial charge in [-0.15, -0.1) is 0 Å². The minimum absolute atomic E-state index is 1.07. The average molecular weight is 162 g/mol. The number of aryl methyl sites for hydroxylation is 1. The zero-order valence-electron chi connectivity index (χ0n) is 7.43. The first-order valence-corrected chi connectivity index (χ1v) is 4.52. The number of hydrogen-bond acceptors (Lipinski definition) is 2. The molecule has 1 aliphatic rings. The number of fused-ring (bicyclic) bond motifs is 1. The van der Waals surface area contributed by atoms with Gasteiger partial charge in [-0.1, -0.05) is 6.07 Å². The van der Waals surface area contributed by atoms with E-state index in [2.05, 4.69) is 29.4 Å². The Labute approximate surface area is 73.0 Å². The van der Waals surface area contributed by atoms with Crippen LogP contribution in [-0.4, -0.2) is 18.1 Å². The molecule has 0 amide bonds. The van der Waals surface area contributed by atoms with Gasteiger partial charge in [-0.25, -0.2) is 0 Å². The van der Waals surface area contributed by atoms with Crippen LogP contribution in [0.2, 0.25) is 0 Å². The monoisotopic (exact) mass is 162 g/mol. The van der Waals surface area contributed by atoms with E-state index in [1.807, 2.05) is 0 Å². The first-order valence-electron chi connectivity index (χ1n) is 4.52. The Morgan fingerprint density at radius 3 is 3.00 bits per heavy atom. The molecule has 2 heterocycles. The molecule has 0 aliphatic carbocycles. The molecule has 1 N–H and O–H groups in total. The van der Waals surface area contributed by atoms with Gasteiger partial charge in [0.25, 0.3) is 0 Å². The summed E-state index contributed by atoms with van der Waals surface area (Å²) in [4.78, 5) is 4.53. The summed E-state index contributed by atoms with van der Waals surface area (Å²) in [6.45, 7) is 4.22. The standard InChI is InChI=1S/C10H14N2/c1-8-2-3-9-4-6-11-7-5-10(9)12-8/h2-3,11H,4-7H2,1H3. The second kappa shape index (κ2) is 3.23. The summed E-state index contributed by atoms with van der Waals surface area (Å²) in [5, 5.41) is 3.37. The molecule has 1 aromatic heterocycles. The maximum absolute atomic E-state index is 4.53. The highest BCUT2D eigenvalue weighted by Gasteiger charge is 2.07. The number of aromatic nitrogens is 1. The molecule has 0 atom stereocenters. The highest BCUT2D eigenvalue weighted by molar-refractivity contribution is 5.24. The van der Waals surface area contributed by atoms with Crippen molar-refractivity contribution in [1.82, 2.24) is 10.3 Å². The second-order valence-electron chi connectivity index (χ2n) is 3.31. The molecule has 64 valence electrons. The smallest absolute Gasteiger partial charge is 0.0451 e. The maximum atomic E-state index is 4.53.